The van der Waals surface area contributed by atoms with Crippen molar-refractivity contribution in [2.24, 2.45) is 5.41 Å². The lowest BCUT2D eigenvalue weighted by Crippen LogP contribution is -2.42. The second-order valence-corrected chi connectivity index (χ2v) is 6.99. The van der Waals surface area contributed by atoms with Gasteiger partial charge in [0, 0.05) is 18.2 Å². The molecule has 0 bridgehead atoms. The molecule has 0 heterocycles. The van der Waals surface area contributed by atoms with E-state index in [0.717, 1.165) is 31.5 Å². The average molecular weight is 294 g/mol. The molecule has 0 aliphatic rings. The largest absolute Gasteiger partial charge is 0.313 e. The molecule has 1 rings (SSSR count). The molecule has 0 saturated heterocycles. The van der Waals surface area contributed by atoms with Crippen LogP contribution in [0.5, 0.6) is 0 Å². The number of nitrogens with one attached hydrogen (secondary N) is 1. The Morgan fingerprint density at radius 3 is 2.48 bits per heavy atom. The van der Waals surface area contributed by atoms with Crippen LogP contribution in [0.25, 0.3) is 0 Å². The zero-order valence-electron chi connectivity index (χ0n) is 14.2. The molecule has 0 aromatic heterocycles. The fourth-order valence-electron chi connectivity index (χ4n) is 2.51. The number of halogens is 1. The average Bonchev–Trinajstić information content (AvgIpc) is 2.40. The molecule has 0 aliphatic carbocycles. The fraction of sp³-hybridized carbons (Fsp3) is 0.667. The third-order valence-corrected chi connectivity index (χ3v) is 3.88. The van der Waals surface area contributed by atoms with E-state index in [9.17, 15) is 4.39 Å². The molecule has 0 aliphatic heterocycles. The van der Waals surface area contributed by atoms with Crippen LogP contribution >= 0.6 is 0 Å². The van der Waals surface area contributed by atoms with E-state index >= 15 is 0 Å². The van der Waals surface area contributed by atoms with Gasteiger partial charge in [-0.1, -0.05) is 45.9 Å². The summed E-state index contributed by atoms with van der Waals surface area (Å²) in [6.45, 7) is 11.7. The third-order valence-electron chi connectivity index (χ3n) is 3.88. The topological polar surface area (TPSA) is 15.3 Å². The summed E-state index contributed by atoms with van der Waals surface area (Å²) >= 11 is 0. The number of hydrogen-bond donors (Lipinski definition) is 1. The summed E-state index contributed by atoms with van der Waals surface area (Å²) in [7, 11) is 2.06. The Bertz CT molecular complexity index is 412. The highest BCUT2D eigenvalue weighted by Gasteiger charge is 2.23. The van der Waals surface area contributed by atoms with Gasteiger partial charge in [0.25, 0.3) is 0 Å². The molecule has 1 aromatic carbocycles. The minimum absolute atomic E-state index is 0.110. The second kappa shape index (κ2) is 8.50. The van der Waals surface area contributed by atoms with Gasteiger partial charge in [0.05, 0.1) is 0 Å². The molecule has 120 valence electrons. The van der Waals surface area contributed by atoms with Gasteiger partial charge >= 0.3 is 0 Å². The molecule has 0 fully saturated rings. The normalized spacial score (nSPS) is 13.7. The predicted octanol–water partition coefficient (Wildman–Crippen LogP) is 4.06. The Balaban J connectivity index is 2.49. The quantitative estimate of drug-likeness (QED) is 0.778. The van der Waals surface area contributed by atoms with Gasteiger partial charge in [-0.3, -0.25) is 0 Å². The zero-order valence-corrected chi connectivity index (χ0v) is 14.2. The van der Waals surface area contributed by atoms with Crippen molar-refractivity contribution >= 4 is 0 Å². The Morgan fingerprint density at radius 1 is 1.24 bits per heavy atom. The molecule has 1 unspecified atom stereocenters. The molecule has 0 amide bonds. The van der Waals surface area contributed by atoms with Crippen LogP contribution in [-0.4, -0.2) is 31.1 Å². The number of nitrogens with zero attached hydrogens (tertiary/aromatic N) is 1. The summed E-state index contributed by atoms with van der Waals surface area (Å²) in [5.74, 6) is -0.110. The first-order valence-corrected chi connectivity index (χ1v) is 8.00. The first-order chi connectivity index (χ1) is 9.84. The molecule has 0 spiro atoms. The maximum Gasteiger partial charge on any atom is 0.127 e. The third kappa shape index (κ3) is 6.58. The van der Waals surface area contributed by atoms with E-state index in [-0.39, 0.29) is 11.2 Å². The van der Waals surface area contributed by atoms with Crippen LogP contribution in [0.2, 0.25) is 0 Å². The highest BCUT2D eigenvalue weighted by Crippen LogP contribution is 2.22. The molecule has 21 heavy (non-hydrogen) atoms. The van der Waals surface area contributed by atoms with Crippen molar-refractivity contribution in [3.63, 3.8) is 0 Å². The molecular formula is C18H31FN2. The summed E-state index contributed by atoms with van der Waals surface area (Å²) in [5.41, 5.74) is 1.02. The van der Waals surface area contributed by atoms with Crippen LogP contribution in [0.4, 0.5) is 4.39 Å². The molecule has 1 atom stereocenters. The maximum absolute atomic E-state index is 13.7. The Kier molecular flexibility index (Phi) is 7.33. The van der Waals surface area contributed by atoms with Crippen molar-refractivity contribution in [1.29, 1.82) is 0 Å². The Hall–Kier alpha value is -0.930. The van der Waals surface area contributed by atoms with Crippen LogP contribution in [0.3, 0.4) is 0 Å². The fourth-order valence-corrected chi connectivity index (χ4v) is 2.51. The van der Waals surface area contributed by atoms with Crippen LogP contribution in [0, 0.1) is 11.2 Å². The lowest BCUT2D eigenvalue weighted by atomic mass is 9.84. The number of rotatable bonds is 8. The van der Waals surface area contributed by atoms with Gasteiger partial charge < -0.3 is 10.2 Å². The first kappa shape index (κ1) is 18.1. The van der Waals surface area contributed by atoms with Crippen molar-refractivity contribution in [2.45, 2.75) is 53.1 Å². The standard InChI is InChI=1S/C18H31FN2/c1-6-12-20-17(18(2,3)4)11-13-21(5)14-15-9-7-8-10-16(15)19/h7-10,17,20H,6,11-14H2,1-5H3. The Morgan fingerprint density at radius 2 is 1.90 bits per heavy atom. The highest BCUT2D eigenvalue weighted by molar-refractivity contribution is 5.16. The summed E-state index contributed by atoms with van der Waals surface area (Å²) < 4.78 is 13.7. The van der Waals surface area contributed by atoms with Crippen LogP contribution in [-0.2, 0) is 6.54 Å². The summed E-state index contributed by atoms with van der Waals surface area (Å²) in [6, 6.07) is 7.52. The van der Waals surface area contributed by atoms with E-state index in [1.54, 1.807) is 6.07 Å². The molecule has 3 heteroatoms. The monoisotopic (exact) mass is 294 g/mol. The van der Waals surface area contributed by atoms with Crippen LogP contribution in [0.15, 0.2) is 24.3 Å². The van der Waals surface area contributed by atoms with Gasteiger partial charge in [-0.25, -0.2) is 4.39 Å². The van der Waals surface area contributed by atoms with Crippen molar-refractivity contribution in [2.75, 3.05) is 20.1 Å². The van der Waals surface area contributed by atoms with Crippen molar-refractivity contribution < 1.29 is 4.39 Å². The van der Waals surface area contributed by atoms with Crippen molar-refractivity contribution in [3.8, 4) is 0 Å². The predicted molar refractivity (Wildman–Crippen MR) is 88.9 cm³/mol. The smallest absolute Gasteiger partial charge is 0.127 e. The van der Waals surface area contributed by atoms with Crippen LogP contribution in [0.1, 0.15) is 46.1 Å². The molecular weight excluding hydrogens is 263 g/mol. The first-order valence-electron chi connectivity index (χ1n) is 8.00. The minimum Gasteiger partial charge on any atom is -0.313 e. The summed E-state index contributed by atoms with van der Waals surface area (Å²) in [4.78, 5) is 2.20. The van der Waals surface area contributed by atoms with E-state index in [2.05, 4.69) is 45.0 Å². The van der Waals surface area contributed by atoms with Crippen LogP contribution < -0.4 is 5.32 Å². The van der Waals surface area contributed by atoms with Crippen molar-refractivity contribution in [3.05, 3.63) is 35.6 Å². The molecule has 1 aromatic rings. The zero-order chi connectivity index (χ0) is 15.9. The Labute approximate surface area is 129 Å². The van der Waals surface area contributed by atoms with E-state index < -0.39 is 0 Å². The van der Waals surface area contributed by atoms with E-state index in [4.69, 9.17) is 0 Å². The van der Waals surface area contributed by atoms with E-state index in [1.165, 1.54) is 6.07 Å². The number of benzene rings is 1. The minimum atomic E-state index is -0.110. The van der Waals surface area contributed by atoms with Gasteiger partial charge in [-0.05, 0) is 44.5 Å². The molecule has 2 nitrogen and oxygen atoms in total. The van der Waals surface area contributed by atoms with E-state index in [1.807, 2.05) is 12.1 Å². The van der Waals surface area contributed by atoms with Gasteiger partial charge in [0.15, 0.2) is 0 Å². The van der Waals surface area contributed by atoms with Gasteiger partial charge in [0.2, 0.25) is 0 Å². The van der Waals surface area contributed by atoms with Crippen molar-refractivity contribution in [1.82, 2.24) is 10.2 Å². The molecule has 0 saturated carbocycles. The summed E-state index contributed by atoms with van der Waals surface area (Å²) in [5, 5.41) is 3.64. The molecule has 0 radical (unpaired) electrons. The van der Waals surface area contributed by atoms with Gasteiger partial charge in [0.1, 0.15) is 5.82 Å². The SMILES string of the molecule is CCCNC(CCN(C)Cc1ccccc1F)C(C)(C)C. The molecule has 1 N–H and O–H groups in total. The number of hydrogen-bond acceptors (Lipinski definition) is 2. The van der Waals surface area contributed by atoms with Gasteiger partial charge in [-0.2, -0.15) is 0 Å². The second-order valence-electron chi connectivity index (χ2n) is 6.99. The highest BCUT2D eigenvalue weighted by atomic mass is 19.1. The van der Waals surface area contributed by atoms with Gasteiger partial charge in [-0.15, -0.1) is 0 Å². The van der Waals surface area contributed by atoms with E-state index in [0.29, 0.717) is 12.6 Å². The lowest BCUT2D eigenvalue weighted by Gasteiger charge is -2.33. The maximum atomic E-state index is 13.7. The summed E-state index contributed by atoms with van der Waals surface area (Å²) in [6.07, 6.45) is 2.23. The lowest BCUT2D eigenvalue weighted by molar-refractivity contribution is 0.218.